The Kier molecular flexibility index (Phi) is 59.2. The normalized spacial score (nSPS) is 12.0. The maximum absolute atomic E-state index is 12.3. The van der Waals surface area contributed by atoms with E-state index >= 15 is 0 Å². The van der Waals surface area contributed by atoms with E-state index in [9.17, 15) is 14.7 Å². The number of unbranched alkanes of at least 4 members (excludes halogenated alkanes) is 52. The van der Waals surface area contributed by atoms with Gasteiger partial charge in [-0.05, 0) is 12.8 Å². The van der Waals surface area contributed by atoms with Crippen molar-refractivity contribution in [1.29, 1.82) is 0 Å². The molecule has 1 atom stereocenters. The third-order valence-electron chi connectivity index (χ3n) is 14.9. The van der Waals surface area contributed by atoms with Gasteiger partial charge in [-0.2, -0.15) is 0 Å². The zero-order valence-corrected chi connectivity index (χ0v) is 46.7. The van der Waals surface area contributed by atoms with Gasteiger partial charge in [0.25, 0.3) is 0 Å². The molecule has 68 heavy (non-hydrogen) atoms. The summed E-state index contributed by atoms with van der Waals surface area (Å²) in [6.45, 7) is 4.21. The van der Waals surface area contributed by atoms with Gasteiger partial charge in [0.2, 0.25) is 0 Å². The van der Waals surface area contributed by atoms with Gasteiger partial charge in [0.15, 0.2) is 6.10 Å². The molecule has 0 aromatic carbocycles. The summed E-state index contributed by atoms with van der Waals surface area (Å²) in [5, 5.41) is 9.65. The molecule has 0 spiro atoms. The second-order valence-electron chi connectivity index (χ2n) is 21.9. The lowest BCUT2D eigenvalue weighted by atomic mass is 10.0. The third kappa shape index (κ3) is 57.5. The number of aliphatic hydroxyl groups is 1. The van der Waals surface area contributed by atoms with Gasteiger partial charge in [0.05, 0.1) is 6.61 Å². The molecule has 0 rings (SSSR count). The van der Waals surface area contributed by atoms with Gasteiger partial charge < -0.3 is 14.6 Å². The first-order valence-electron chi connectivity index (χ1n) is 31.6. The van der Waals surface area contributed by atoms with E-state index in [1.807, 2.05) is 0 Å². The molecule has 0 saturated heterocycles. The SMILES string of the molecule is CCCCCCCCCCCCCCCCCCCCCCCCCCCCCCCCCCCCCCCC(=O)OC(CO)COC(=O)CCCCCCCCCCCCCCCCCCC. The van der Waals surface area contributed by atoms with Gasteiger partial charge in [-0.1, -0.05) is 348 Å². The van der Waals surface area contributed by atoms with Crippen molar-refractivity contribution in [3.05, 3.63) is 0 Å². The highest BCUT2D eigenvalue weighted by molar-refractivity contribution is 5.70. The fraction of sp³-hybridized carbons (Fsp3) is 0.968. The van der Waals surface area contributed by atoms with Gasteiger partial charge in [-0.3, -0.25) is 9.59 Å². The summed E-state index contributed by atoms with van der Waals surface area (Å²) in [6, 6.07) is 0. The topological polar surface area (TPSA) is 72.8 Å². The molecule has 0 heterocycles. The van der Waals surface area contributed by atoms with Crippen molar-refractivity contribution in [3.8, 4) is 0 Å². The first-order chi connectivity index (χ1) is 33.6. The Morgan fingerprint density at radius 3 is 0.647 bits per heavy atom. The molecule has 406 valence electrons. The number of ether oxygens (including phenoxy) is 2. The molecule has 0 bridgehead atoms. The second kappa shape index (κ2) is 60.2. The van der Waals surface area contributed by atoms with Gasteiger partial charge in [0, 0.05) is 12.8 Å². The number of aliphatic hydroxyl groups excluding tert-OH is 1. The average Bonchev–Trinajstić information content (AvgIpc) is 3.34. The Labute approximate surface area is 427 Å². The van der Waals surface area contributed by atoms with Gasteiger partial charge in [-0.15, -0.1) is 0 Å². The number of carbonyl (C=O) groups excluding carboxylic acids is 2. The highest BCUT2D eigenvalue weighted by Crippen LogP contribution is 2.19. The lowest BCUT2D eigenvalue weighted by molar-refractivity contribution is -0.161. The maximum atomic E-state index is 12.3. The molecule has 1 unspecified atom stereocenters. The molecule has 0 fully saturated rings. The molecule has 0 aliphatic heterocycles. The fourth-order valence-electron chi connectivity index (χ4n) is 10.2. The van der Waals surface area contributed by atoms with Crippen molar-refractivity contribution in [3.63, 3.8) is 0 Å². The van der Waals surface area contributed by atoms with E-state index in [0.29, 0.717) is 12.8 Å². The number of carbonyl (C=O) groups is 2. The Balaban J connectivity index is 3.33. The molecule has 5 heteroatoms. The molecule has 0 aromatic heterocycles. The van der Waals surface area contributed by atoms with E-state index in [-0.39, 0.29) is 25.2 Å². The minimum absolute atomic E-state index is 0.0558. The first-order valence-corrected chi connectivity index (χ1v) is 31.6. The Hall–Kier alpha value is -1.10. The molecule has 0 aliphatic rings. The number of rotatable bonds is 60. The highest BCUT2D eigenvalue weighted by atomic mass is 16.6. The first kappa shape index (κ1) is 66.9. The summed E-state index contributed by atoms with van der Waals surface area (Å²) >= 11 is 0. The Morgan fingerprint density at radius 1 is 0.279 bits per heavy atom. The molecule has 0 aliphatic carbocycles. The monoisotopic (exact) mass is 961 g/mol. The van der Waals surface area contributed by atoms with Crippen LogP contribution in [0.1, 0.15) is 373 Å². The van der Waals surface area contributed by atoms with E-state index < -0.39 is 6.10 Å². The van der Waals surface area contributed by atoms with E-state index in [1.54, 1.807) is 0 Å². The van der Waals surface area contributed by atoms with Crippen LogP contribution in [0.25, 0.3) is 0 Å². The van der Waals surface area contributed by atoms with Crippen LogP contribution in [0, 0.1) is 0 Å². The molecule has 0 amide bonds. The lowest BCUT2D eigenvalue weighted by Crippen LogP contribution is -2.28. The quantitative estimate of drug-likeness (QED) is 0.0486. The van der Waals surface area contributed by atoms with Gasteiger partial charge in [-0.25, -0.2) is 0 Å². The predicted molar refractivity (Wildman–Crippen MR) is 298 cm³/mol. The second-order valence-corrected chi connectivity index (χ2v) is 21.9. The molecule has 0 aromatic rings. The smallest absolute Gasteiger partial charge is 0.306 e. The van der Waals surface area contributed by atoms with Gasteiger partial charge >= 0.3 is 11.9 Å². The van der Waals surface area contributed by atoms with Crippen LogP contribution in [-0.2, 0) is 19.1 Å². The van der Waals surface area contributed by atoms with Crippen molar-refractivity contribution in [2.45, 2.75) is 380 Å². The third-order valence-corrected chi connectivity index (χ3v) is 14.9. The molecular formula is C63H124O5. The largest absolute Gasteiger partial charge is 0.462 e. The van der Waals surface area contributed by atoms with Crippen LogP contribution in [0.3, 0.4) is 0 Å². The van der Waals surface area contributed by atoms with E-state index in [1.165, 1.54) is 315 Å². The molecule has 0 radical (unpaired) electrons. The van der Waals surface area contributed by atoms with Crippen molar-refractivity contribution in [2.24, 2.45) is 0 Å². The summed E-state index contributed by atoms with van der Waals surface area (Å²) < 4.78 is 10.7. The number of esters is 2. The minimum atomic E-state index is -0.764. The van der Waals surface area contributed by atoms with Crippen molar-refractivity contribution < 1.29 is 24.2 Å². The molecule has 1 N–H and O–H groups in total. The number of hydrogen-bond donors (Lipinski definition) is 1. The lowest BCUT2D eigenvalue weighted by Gasteiger charge is -2.15. The van der Waals surface area contributed by atoms with Crippen molar-refractivity contribution in [1.82, 2.24) is 0 Å². The van der Waals surface area contributed by atoms with E-state index in [0.717, 1.165) is 32.1 Å². The van der Waals surface area contributed by atoms with Crippen LogP contribution in [0.2, 0.25) is 0 Å². The highest BCUT2D eigenvalue weighted by Gasteiger charge is 2.16. The van der Waals surface area contributed by atoms with E-state index in [2.05, 4.69) is 13.8 Å². The van der Waals surface area contributed by atoms with Crippen molar-refractivity contribution >= 4 is 11.9 Å². The van der Waals surface area contributed by atoms with Crippen LogP contribution >= 0.6 is 0 Å². The minimum Gasteiger partial charge on any atom is -0.462 e. The summed E-state index contributed by atoms with van der Waals surface area (Å²) in [6.07, 6.45) is 74.1. The van der Waals surface area contributed by atoms with Gasteiger partial charge in [0.1, 0.15) is 6.61 Å². The zero-order valence-electron chi connectivity index (χ0n) is 46.7. The van der Waals surface area contributed by atoms with Crippen LogP contribution in [-0.4, -0.2) is 36.4 Å². The summed E-state index contributed by atoms with van der Waals surface area (Å²) in [7, 11) is 0. The Morgan fingerprint density at radius 2 is 0.456 bits per heavy atom. The predicted octanol–water partition coefficient (Wildman–Crippen LogP) is 21.3. The maximum Gasteiger partial charge on any atom is 0.306 e. The van der Waals surface area contributed by atoms with Crippen molar-refractivity contribution in [2.75, 3.05) is 13.2 Å². The fourth-order valence-corrected chi connectivity index (χ4v) is 10.2. The van der Waals surface area contributed by atoms with Crippen LogP contribution < -0.4 is 0 Å². The Bertz CT molecular complexity index is 952. The number of hydrogen-bond acceptors (Lipinski definition) is 5. The summed E-state index contributed by atoms with van der Waals surface area (Å²) in [4.78, 5) is 24.5. The van der Waals surface area contributed by atoms with Crippen LogP contribution in [0.5, 0.6) is 0 Å². The van der Waals surface area contributed by atoms with E-state index in [4.69, 9.17) is 9.47 Å². The van der Waals surface area contributed by atoms with Crippen LogP contribution in [0.15, 0.2) is 0 Å². The summed E-state index contributed by atoms with van der Waals surface area (Å²) in [5.74, 6) is -0.563. The zero-order chi connectivity index (χ0) is 49.2. The molecule has 5 nitrogen and oxygen atoms in total. The standard InChI is InChI=1S/C63H124O5/c1-3-5-7-9-11-13-15-17-19-21-22-23-24-25-26-27-28-29-30-31-32-33-34-35-36-37-38-39-40-42-44-46-48-50-52-54-56-58-63(66)68-61(59-64)60-67-62(65)57-55-53-51-49-47-45-43-41-20-18-16-14-12-10-8-6-4-2/h61,64H,3-60H2,1-2H3. The molecule has 0 saturated carbocycles. The summed E-state index contributed by atoms with van der Waals surface area (Å²) in [5.41, 5.74) is 0. The molecular weight excluding hydrogens is 837 g/mol. The average molecular weight is 962 g/mol. The van der Waals surface area contributed by atoms with Crippen LogP contribution in [0.4, 0.5) is 0 Å².